The minimum atomic E-state index is 0.222. The molecule has 104 valence electrons. The van der Waals surface area contributed by atoms with Crippen molar-refractivity contribution in [2.45, 2.75) is 19.4 Å². The van der Waals surface area contributed by atoms with Crippen molar-refractivity contribution < 1.29 is 0 Å². The molecule has 1 unspecified atom stereocenters. The molecule has 1 aromatic carbocycles. The van der Waals surface area contributed by atoms with Crippen molar-refractivity contribution in [2.24, 2.45) is 7.05 Å². The Morgan fingerprint density at radius 1 is 1.35 bits per heavy atom. The molecule has 0 radical (unpaired) electrons. The lowest BCUT2D eigenvalue weighted by atomic mass is 10.0. The number of hydrogen-bond donors (Lipinski definition) is 1. The summed E-state index contributed by atoms with van der Waals surface area (Å²) in [5.74, 6) is 0. The Kier molecular flexibility index (Phi) is 3.85. The lowest BCUT2D eigenvalue weighted by Gasteiger charge is -2.17. The molecule has 2 aromatic heterocycles. The zero-order valence-corrected chi connectivity index (χ0v) is 12.7. The number of nitrogens with zero attached hydrogens (tertiary/aromatic N) is 2. The Labute approximate surface area is 123 Å². The molecule has 3 rings (SSSR count). The van der Waals surface area contributed by atoms with E-state index >= 15 is 0 Å². The molecule has 0 amide bonds. The molecule has 3 nitrogen and oxygen atoms in total. The van der Waals surface area contributed by atoms with Crippen LogP contribution in [-0.4, -0.2) is 16.3 Å². The van der Waals surface area contributed by atoms with Gasteiger partial charge < -0.3 is 5.32 Å². The molecule has 1 N–H and O–H groups in total. The first-order chi connectivity index (χ1) is 9.79. The third-order valence-electron chi connectivity index (χ3n) is 3.48. The Morgan fingerprint density at radius 2 is 2.20 bits per heavy atom. The molecule has 3 aromatic rings. The normalized spacial score (nSPS) is 12.9. The number of aryl methyl sites for hydroxylation is 1. The van der Waals surface area contributed by atoms with Gasteiger partial charge in [0.1, 0.15) is 0 Å². The van der Waals surface area contributed by atoms with Gasteiger partial charge in [0.05, 0.1) is 12.2 Å². The summed E-state index contributed by atoms with van der Waals surface area (Å²) in [6, 6.07) is 8.82. The average molecular weight is 285 g/mol. The van der Waals surface area contributed by atoms with Crippen LogP contribution in [0.5, 0.6) is 0 Å². The van der Waals surface area contributed by atoms with Crippen molar-refractivity contribution in [2.75, 3.05) is 6.54 Å². The maximum absolute atomic E-state index is 4.32. The van der Waals surface area contributed by atoms with Gasteiger partial charge in [-0.15, -0.1) is 11.3 Å². The van der Waals surface area contributed by atoms with Crippen LogP contribution in [0.4, 0.5) is 0 Å². The quantitative estimate of drug-likeness (QED) is 0.774. The van der Waals surface area contributed by atoms with Gasteiger partial charge in [-0.2, -0.15) is 5.10 Å². The highest BCUT2D eigenvalue weighted by atomic mass is 32.1. The van der Waals surface area contributed by atoms with Crippen LogP contribution in [0.15, 0.2) is 42.0 Å². The molecule has 0 bridgehead atoms. The first-order valence-electron chi connectivity index (χ1n) is 6.97. The largest absolute Gasteiger partial charge is 0.306 e. The number of hydrogen-bond acceptors (Lipinski definition) is 3. The van der Waals surface area contributed by atoms with Gasteiger partial charge in [0.15, 0.2) is 0 Å². The highest BCUT2D eigenvalue weighted by Gasteiger charge is 2.18. The predicted octanol–water partition coefficient (Wildman–Crippen LogP) is 3.72. The summed E-state index contributed by atoms with van der Waals surface area (Å²) in [5, 5.41) is 11.6. The van der Waals surface area contributed by atoms with Gasteiger partial charge in [-0.3, -0.25) is 4.68 Å². The molecule has 0 saturated carbocycles. The summed E-state index contributed by atoms with van der Waals surface area (Å²) in [5.41, 5.74) is 2.58. The molecule has 0 aliphatic rings. The van der Waals surface area contributed by atoms with E-state index in [0.717, 1.165) is 13.0 Å². The van der Waals surface area contributed by atoms with Gasteiger partial charge in [-0.05, 0) is 35.4 Å². The summed E-state index contributed by atoms with van der Waals surface area (Å²) in [6.45, 7) is 3.20. The summed E-state index contributed by atoms with van der Waals surface area (Å²) >= 11 is 1.81. The summed E-state index contributed by atoms with van der Waals surface area (Å²) in [7, 11) is 1.96. The lowest BCUT2D eigenvalue weighted by molar-refractivity contribution is 0.602. The average Bonchev–Trinajstić information content (AvgIpc) is 3.07. The van der Waals surface area contributed by atoms with Gasteiger partial charge in [0.2, 0.25) is 0 Å². The molecule has 4 heteroatoms. The topological polar surface area (TPSA) is 29.9 Å². The van der Waals surface area contributed by atoms with E-state index in [4.69, 9.17) is 0 Å². The highest BCUT2D eigenvalue weighted by molar-refractivity contribution is 7.17. The van der Waals surface area contributed by atoms with E-state index in [1.165, 1.54) is 21.2 Å². The molecule has 0 aliphatic heterocycles. The third kappa shape index (κ3) is 2.49. The fourth-order valence-corrected chi connectivity index (χ4v) is 3.49. The van der Waals surface area contributed by atoms with E-state index in [9.17, 15) is 0 Å². The van der Waals surface area contributed by atoms with Crippen LogP contribution in [0.1, 0.15) is 30.5 Å². The van der Waals surface area contributed by atoms with Gasteiger partial charge in [-0.25, -0.2) is 0 Å². The Balaban J connectivity index is 2.04. The summed E-state index contributed by atoms with van der Waals surface area (Å²) in [6.07, 6.45) is 5.18. The molecule has 20 heavy (non-hydrogen) atoms. The van der Waals surface area contributed by atoms with Crippen molar-refractivity contribution in [1.29, 1.82) is 0 Å². The van der Waals surface area contributed by atoms with Gasteiger partial charge in [0, 0.05) is 23.5 Å². The Morgan fingerprint density at radius 3 is 2.95 bits per heavy atom. The summed E-state index contributed by atoms with van der Waals surface area (Å²) in [4.78, 5) is 0. The number of aromatic nitrogens is 2. The van der Waals surface area contributed by atoms with Crippen LogP contribution in [0.25, 0.3) is 10.1 Å². The van der Waals surface area contributed by atoms with Crippen LogP contribution in [0.3, 0.4) is 0 Å². The second-order valence-electron chi connectivity index (χ2n) is 5.02. The highest BCUT2D eigenvalue weighted by Crippen LogP contribution is 2.33. The van der Waals surface area contributed by atoms with E-state index < -0.39 is 0 Å². The predicted molar refractivity (Wildman–Crippen MR) is 85.2 cm³/mol. The van der Waals surface area contributed by atoms with Crippen molar-refractivity contribution in [3.63, 3.8) is 0 Å². The number of thiophene rings is 1. The molecule has 0 aliphatic carbocycles. The van der Waals surface area contributed by atoms with E-state index in [-0.39, 0.29) is 6.04 Å². The molecular weight excluding hydrogens is 266 g/mol. The van der Waals surface area contributed by atoms with Crippen LogP contribution in [0, 0.1) is 0 Å². The van der Waals surface area contributed by atoms with Crippen LogP contribution in [0.2, 0.25) is 0 Å². The zero-order valence-electron chi connectivity index (χ0n) is 11.8. The van der Waals surface area contributed by atoms with Crippen LogP contribution >= 0.6 is 11.3 Å². The molecule has 1 atom stereocenters. The Bertz CT molecular complexity index is 698. The number of nitrogens with one attached hydrogen (secondary N) is 1. The molecule has 0 saturated heterocycles. The fourth-order valence-electron chi connectivity index (χ4n) is 2.51. The van der Waals surface area contributed by atoms with Crippen LogP contribution in [-0.2, 0) is 7.05 Å². The number of fused-ring (bicyclic) bond motifs is 1. The van der Waals surface area contributed by atoms with E-state index in [0.29, 0.717) is 0 Å². The monoisotopic (exact) mass is 285 g/mol. The summed E-state index contributed by atoms with van der Waals surface area (Å²) < 4.78 is 3.21. The van der Waals surface area contributed by atoms with Gasteiger partial charge in [0.25, 0.3) is 0 Å². The maximum atomic E-state index is 4.32. The van der Waals surface area contributed by atoms with Crippen LogP contribution < -0.4 is 5.32 Å². The minimum Gasteiger partial charge on any atom is -0.306 e. The first-order valence-corrected chi connectivity index (χ1v) is 7.85. The van der Waals surface area contributed by atoms with Crippen molar-refractivity contribution in [1.82, 2.24) is 15.1 Å². The van der Waals surface area contributed by atoms with Crippen molar-refractivity contribution >= 4 is 21.4 Å². The SMILES string of the molecule is CCCNC(c1cnn(C)c1)c1csc2ccccc12. The van der Waals surface area contributed by atoms with Crippen molar-refractivity contribution in [3.8, 4) is 0 Å². The molecule has 0 spiro atoms. The smallest absolute Gasteiger partial charge is 0.0622 e. The first kappa shape index (κ1) is 13.3. The molecule has 2 heterocycles. The maximum Gasteiger partial charge on any atom is 0.0622 e. The van der Waals surface area contributed by atoms with E-state index in [1.54, 1.807) is 0 Å². The minimum absolute atomic E-state index is 0.222. The van der Waals surface area contributed by atoms with Crippen molar-refractivity contribution in [3.05, 3.63) is 53.2 Å². The van der Waals surface area contributed by atoms with Gasteiger partial charge in [-0.1, -0.05) is 25.1 Å². The number of benzene rings is 1. The van der Waals surface area contributed by atoms with Gasteiger partial charge >= 0.3 is 0 Å². The van der Waals surface area contributed by atoms with E-state index in [1.807, 2.05) is 29.3 Å². The Hall–Kier alpha value is -1.65. The van der Waals surface area contributed by atoms with E-state index in [2.05, 4.69) is 53.2 Å². The second kappa shape index (κ2) is 5.77. The molecule has 0 fully saturated rings. The lowest BCUT2D eigenvalue weighted by Crippen LogP contribution is -2.22. The standard InChI is InChI=1S/C16H19N3S/c1-3-8-17-16(12-9-18-19(2)10-12)14-11-20-15-7-5-4-6-13(14)15/h4-7,9-11,16-17H,3,8H2,1-2H3. The fraction of sp³-hybridized carbons (Fsp3) is 0.312. The number of rotatable bonds is 5. The third-order valence-corrected chi connectivity index (χ3v) is 4.46. The molecular formula is C16H19N3S. The zero-order chi connectivity index (χ0) is 13.9. The second-order valence-corrected chi connectivity index (χ2v) is 5.93.